The number of amides is 1. The molecule has 100 valence electrons. The highest BCUT2D eigenvalue weighted by Gasteiger charge is 2.08. The van der Waals surface area contributed by atoms with Crippen molar-refractivity contribution < 1.29 is 19.1 Å². The van der Waals surface area contributed by atoms with Crippen LogP contribution >= 0.6 is 0 Å². The van der Waals surface area contributed by atoms with Gasteiger partial charge in [-0.25, -0.2) is 0 Å². The van der Waals surface area contributed by atoms with Gasteiger partial charge in [-0.05, 0) is 6.92 Å². The van der Waals surface area contributed by atoms with Crippen molar-refractivity contribution >= 4 is 11.9 Å². The average Bonchev–Trinajstić information content (AvgIpc) is 2.29. The van der Waals surface area contributed by atoms with E-state index in [2.05, 4.69) is 15.4 Å². The lowest BCUT2D eigenvalue weighted by atomic mass is 10.2. The van der Waals surface area contributed by atoms with Crippen LogP contribution in [0.25, 0.3) is 0 Å². The Morgan fingerprint density at radius 3 is 2.53 bits per heavy atom. The Hall–Kier alpha value is -1.14. The molecule has 0 fully saturated rings. The van der Waals surface area contributed by atoms with Crippen molar-refractivity contribution in [2.45, 2.75) is 25.8 Å². The van der Waals surface area contributed by atoms with E-state index in [0.717, 1.165) is 0 Å². The largest absolute Gasteiger partial charge is 0.469 e. The van der Waals surface area contributed by atoms with Gasteiger partial charge in [0.2, 0.25) is 5.91 Å². The van der Waals surface area contributed by atoms with Gasteiger partial charge in [0.25, 0.3) is 0 Å². The molecule has 0 aliphatic rings. The summed E-state index contributed by atoms with van der Waals surface area (Å²) in [7, 11) is 2.94. The number of rotatable bonds is 9. The number of hydrogen-bond acceptors (Lipinski definition) is 5. The molecule has 0 aromatic carbocycles. The standard InChI is InChI=1S/C11H22N2O4/c1-9(8-11(15)17-3)12-5-4-10(14)13-6-7-16-2/h9,12H,4-8H2,1-3H3,(H,13,14). The van der Waals surface area contributed by atoms with Gasteiger partial charge in [-0.2, -0.15) is 0 Å². The summed E-state index contributed by atoms with van der Waals surface area (Å²) in [5.41, 5.74) is 0. The lowest BCUT2D eigenvalue weighted by Gasteiger charge is -2.12. The fourth-order valence-corrected chi connectivity index (χ4v) is 1.22. The summed E-state index contributed by atoms with van der Waals surface area (Å²) < 4.78 is 9.35. The molecule has 2 N–H and O–H groups in total. The molecule has 0 aliphatic heterocycles. The summed E-state index contributed by atoms with van der Waals surface area (Å²) in [5, 5.41) is 5.79. The zero-order chi connectivity index (χ0) is 13.1. The van der Waals surface area contributed by atoms with Crippen LogP contribution in [0.5, 0.6) is 0 Å². The van der Waals surface area contributed by atoms with Crippen molar-refractivity contribution in [3.8, 4) is 0 Å². The summed E-state index contributed by atoms with van der Waals surface area (Å²) in [5.74, 6) is -0.283. The lowest BCUT2D eigenvalue weighted by molar-refractivity contribution is -0.141. The molecule has 0 saturated carbocycles. The van der Waals surface area contributed by atoms with Crippen molar-refractivity contribution in [1.82, 2.24) is 10.6 Å². The van der Waals surface area contributed by atoms with Crippen molar-refractivity contribution in [1.29, 1.82) is 0 Å². The number of carbonyl (C=O) groups excluding carboxylic acids is 2. The number of ether oxygens (including phenoxy) is 2. The van der Waals surface area contributed by atoms with Gasteiger partial charge in [0.05, 0.1) is 20.1 Å². The molecule has 0 bridgehead atoms. The lowest BCUT2D eigenvalue weighted by Crippen LogP contribution is -2.34. The van der Waals surface area contributed by atoms with Gasteiger partial charge in [-0.3, -0.25) is 9.59 Å². The Balaban J connectivity index is 3.48. The monoisotopic (exact) mass is 246 g/mol. The highest BCUT2D eigenvalue weighted by molar-refractivity contribution is 5.76. The van der Waals surface area contributed by atoms with Crippen LogP contribution in [-0.2, 0) is 19.1 Å². The van der Waals surface area contributed by atoms with Crippen LogP contribution in [0.1, 0.15) is 19.8 Å². The van der Waals surface area contributed by atoms with Crippen LogP contribution in [-0.4, -0.2) is 51.8 Å². The second-order valence-electron chi connectivity index (χ2n) is 3.73. The number of carbonyl (C=O) groups is 2. The molecule has 0 radical (unpaired) electrons. The van der Waals surface area contributed by atoms with Crippen molar-refractivity contribution in [2.24, 2.45) is 0 Å². The maximum Gasteiger partial charge on any atom is 0.307 e. The first kappa shape index (κ1) is 15.9. The molecule has 0 aromatic rings. The summed E-state index contributed by atoms with van der Waals surface area (Å²) in [6.07, 6.45) is 0.691. The van der Waals surface area contributed by atoms with E-state index in [4.69, 9.17) is 4.74 Å². The Morgan fingerprint density at radius 2 is 1.94 bits per heavy atom. The fourth-order valence-electron chi connectivity index (χ4n) is 1.22. The zero-order valence-corrected chi connectivity index (χ0v) is 10.7. The first-order chi connectivity index (χ1) is 8.10. The third-order valence-corrected chi connectivity index (χ3v) is 2.17. The van der Waals surface area contributed by atoms with Crippen LogP contribution < -0.4 is 10.6 Å². The molecule has 0 aromatic heterocycles. The molecule has 0 saturated heterocycles. The Morgan fingerprint density at radius 1 is 1.24 bits per heavy atom. The summed E-state index contributed by atoms with van der Waals surface area (Å²) in [6.45, 7) is 3.45. The molecule has 0 heterocycles. The Bertz CT molecular complexity index is 234. The van der Waals surface area contributed by atoms with Crippen LogP contribution in [0.4, 0.5) is 0 Å². The van der Waals surface area contributed by atoms with Gasteiger partial charge < -0.3 is 20.1 Å². The fraction of sp³-hybridized carbons (Fsp3) is 0.818. The number of methoxy groups -OCH3 is 2. The quantitative estimate of drug-likeness (QED) is 0.431. The number of nitrogens with one attached hydrogen (secondary N) is 2. The van der Waals surface area contributed by atoms with E-state index in [-0.39, 0.29) is 17.9 Å². The van der Waals surface area contributed by atoms with Gasteiger partial charge in [0.15, 0.2) is 0 Å². The third kappa shape index (κ3) is 9.77. The van der Waals surface area contributed by atoms with Gasteiger partial charge in [-0.15, -0.1) is 0 Å². The first-order valence-corrected chi connectivity index (χ1v) is 5.66. The van der Waals surface area contributed by atoms with Gasteiger partial charge >= 0.3 is 5.97 Å². The van der Waals surface area contributed by atoms with Gasteiger partial charge in [0, 0.05) is 32.7 Å². The summed E-state index contributed by atoms with van der Waals surface area (Å²) >= 11 is 0. The SMILES string of the molecule is COCCNC(=O)CCNC(C)CC(=O)OC. The predicted molar refractivity (Wildman–Crippen MR) is 63.6 cm³/mol. The van der Waals surface area contributed by atoms with E-state index < -0.39 is 0 Å². The molecular formula is C11H22N2O4. The Kier molecular flexibility index (Phi) is 9.37. The molecule has 0 spiro atoms. The van der Waals surface area contributed by atoms with E-state index in [0.29, 0.717) is 32.5 Å². The maximum absolute atomic E-state index is 11.3. The second-order valence-corrected chi connectivity index (χ2v) is 3.73. The predicted octanol–water partition coefficient (Wildman–Crippen LogP) is -0.320. The molecule has 1 atom stereocenters. The summed E-state index contributed by atoms with van der Waals surface area (Å²) in [4.78, 5) is 22.2. The molecule has 0 aliphatic carbocycles. The first-order valence-electron chi connectivity index (χ1n) is 5.66. The topological polar surface area (TPSA) is 76.7 Å². The van der Waals surface area contributed by atoms with E-state index in [1.165, 1.54) is 7.11 Å². The molecule has 1 amide bonds. The van der Waals surface area contributed by atoms with E-state index in [1.807, 2.05) is 6.92 Å². The highest BCUT2D eigenvalue weighted by atomic mass is 16.5. The second kappa shape index (κ2) is 10.0. The molecular weight excluding hydrogens is 224 g/mol. The van der Waals surface area contributed by atoms with Gasteiger partial charge in [-0.1, -0.05) is 0 Å². The van der Waals surface area contributed by atoms with E-state index in [9.17, 15) is 9.59 Å². The van der Waals surface area contributed by atoms with E-state index in [1.54, 1.807) is 7.11 Å². The maximum atomic E-state index is 11.3. The van der Waals surface area contributed by atoms with Crippen molar-refractivity contribution in [2.75, 3.05) is 33.9 Å². The molecule has 1 unspecified atom stereocenters. The molecule has 6 nitrogen and oxygen atoms in total. The molecule has 0 rings (SSSR count). The molecule has 17 heavy (non-hydrogen) atoms. The third-order valence-electron chi connectivity index (χ3n) is 2.17. The number of hydrogen-bond donors (Lipinski definition) is 2. The Labute approximate surface area is 102 Å². The van der Waals surface area contributed by atoms with Gasteiger partial charge in [0.1, 0.15) is 0 Å². The van der Waals surface area contributed by atoms with Crippen LogP contribution in [0.2, 0.25) is 0 Å². The van der Waals surface area contributed by atoms with E-state index >= 15 is 0 Å². The average molecular weight is 246 g/mol. The summed E-state index contributed by atoms with van der Waals surface area (Å²) in [6, 6.07) is 0.00854. The minimum absolute atomic E-state index is 0.00854. The van der Waals surface area contributed by atoms with Crippen LogP contribution in [0, 0.1) is 0 Å². The van der Waals surface area contributed by atoms with Crippen molar-refractivity contribution in [3.05, 3.63) is 0 Å². The molecule has 6 heteroatoms. The smallest absolute Gasteiger partial charge is 0.307 e. The number of esters is 1. The minimum Gasteiger partial charge on any atom is -0.469 e. The van der Waals surface area contributed by atoms with Crippen LogP contribution in [0.15, 0.2) is 0 Å². The zero-order valence-electron chi connectivity index (χ0n) is 10.7. The highest BCUT2D eigenvalue weighted by Crippen LogP contribution is 1.93. The normalized spacial score (nSPS) is 11.9. The minimum atomic E-state index is -0.255. The van der Waals surface area contributed by atoms with Crippen molar-refractivity contribution in [3.63, 3.8) is 0 Å². The van der Waals surface area contributed by atoms with Crippen LogP contribution in [0.3, 0.4) is 0 Å².